The summed E-state index contributed by atoms with van der Waals surface area (Å²) in [6, 6.07) is 10.7. The van der Waals surface area contributed by atoms with Gasteiger partial charge in [0, 0.05) is 18.8 Å². The lowest BCUT2D eigenvalue weighted by Gasteiger charge is -2.10. The summed E-state index contributed by atoms with van der Waals surface area (Å²) in [4.78, 5) is 9.40. The smallest absolute Gasteiger partial charge is 0.185 e. The molecule has 1 aromatic carbocycles. The van der Waals surface area contributed by atoms with Crippen molar-refractivity contribution in [1.29, 1.82) is 10.5 Å². The molecule has 2 rings (SSSR count). The van der Waals surface area contributed by atoms with E-state index >= 15 is 0 Å². The summed E-state index contributed by atoms with van der Waals surface area (Å²) in [6.07, 6.45) is 3.35. The molecule has 0 aliphatic carbocycles. The fraction of sp³-hybridized carbons (Fsp3) is 0.0769. The van der Waals surface area contributed by atoms with Crippen LogP contribution < -0.4 is 10.2 Å². The van der Waals surface area contributed by atoms with Gasteiger partial charge in [0.25, 0.3) is 0 Å². The van der Waals surface area contributed by atoms with Crippen LogP contribution in [0.1, 0.15) is 5.56 Å². The van der Waals surface area contributed by atoms with Crippen molar-refractivity contribution in [3.05, 3.63) is 42.2 Å². The molecule has 1 aromatic heterocycles. The molecule has 1 N–H and O–H groups in total. The minimum Gasteiger partial charge on any atom is -0.340 e. The topological polar surface area (TPSA) is 88.6 Å². The molecule has 92 valence electrons. The maximum Gasteiger partial charge on any atom is 0.185 e. The van der Waals surface area contributed by atoms with Crippen LogP contribution in [0.15, 0.2) is 36.7 Å². The molecular weight excluding hydrogens is 240 g/mol. The maximum atomic E-state index is 8.79. The normalized spacial score (nSPS) is 9.21. The highest BCUT2D eigenvalue weighted by molar-refractivity contribution is 5.60. The third kappa shape index (κ3) is 2.96. The SMILES string of the molecule is CN(C#N)c1cc(Nc2ccc(C#N)cc2)ncn1. The Morgan fingerprint density at radius 2 is 1.89 bits per heavy atom. The van der Waals surface area contributed by atoms with E-state index in [1.54, 1.807) is 37.4 Å². The zero-order chi connectivity index (χ0) is 13.7. The molecule has 0 bridgehead atoms. The molecule has 1 heterocycles. The third-order valence-corrected chi connectivity index (χ3v) is 2.43. The lowest BCUT2D eigenvalue weighted by molar-refractivity contribution is 1.08. The van der Waals surface area contributed by atoms with E-state index in [-0.39, 0.29) is 0 Å². The lowest BCUT2D eigenvalue weighted by atomic mass is 10.2. The first kappa shape index (κ1) is 12.3. The molecule has 0 aliphatic heterocycles. The number of benzene rings is 1. The van der Waals surface area contributed by atoms with Gasteiger partial charge in [0.1, 0.15) is 18.0 Å². The predicted molar refractivity (Wildman–Crippen MR) is 70.5 cm³/mol. The van der Waals surface area contributed by atoms with E-state index in [4.69, 9.17) is 10.5 Å². The van der Waals surface area contributed by atoms with E-state index in [0.717, 1.165) is 5.69 Å². The number of hydrogen-bond acceptors (Lipinski definition) is 6. The van der Waals surface area contributed by atoms with E-state index < -0.39 is 0 Å². The molecule has 6 nitrogen and oxygen atoms in total. The van der Waals surface area contributed by atoms with Crippen LogP contribution in [0.2, 0.25) is 0 Å². The summed E-state index contributed by atoms with van der Waals surface area (Å²) in [7, 11) is 1.62. The van der Waals surface area contributed by atoms with Crippen molar-refractivity contribution in [2.45, 2.75) is 0 Å². The highest BCUT2D eigenvalue weighted by Gasteiger charge is 2.03. The van der Waals surface area contributed by atoms with Gasteiger partial charge in [0.05, 0.1) is 11.6 Å². The minimum absolute atomic E-state index is 0.508. The van der Waals surface area contributed by atoms with Crippen molar-refractivity contribution in [1.82, 2.24) is 9.97 Å². The van der Waals surface area contributed by atoms with Crippen molar-refractivity contribution in [3.8, 4) is 12.3 Å². The van der Waals surface area contributed by atoms with Gasteiger partial charge in [0.15, 0.2) is 6.19 Å². The highest BCUT2D eigenvalue weighted by Crippen LogP contribution is 2.17. The molecule has 19 heavy (non-hydrogen) atoms. The number of rotatable bonds is 3. The average molecular weight is 250 g/mol. The Bertz CT molecular complexity index is 650. The quantitative estimate of drug-likeness (QED) is 0.662. The predicted octanol–water partition coefficient (Wildman–Crippen LogP) is 2.01. The lowest BCUT2D eigenvalue weighted by Crippen LogP contribution is -2.10. The standard InChI is InChI=1S/C13H10N6/c1-19(8-15)13-6-12(16-9-17-13)18-11-4-2-10(7-14)3-5-11/h2-6,9H,1H3,(H,16,17,18). The van der Waals surface area contributed by atoms with Gasteiger partial charge in [-0.05, 0) is 24.3 Å². The summed E-state index contributed by atoms with van der Waals surface area (Å²) < 4.78 is 0. The molecule has 6 heteroatoms. The maximum absolute atomic E-state index is 8.79. The van der Waals surface area contributed by atoms with Crippen LogP contribution in [0.25, 0.3) is 0 Å². The van der Waals surface area contributed by atoms with E-state index in [9.17, 15) is 0 Å². The fourth-order valence-corrected chi connectivity index (χ4v) is 1.43. The average Bonchev–Trinajstić information content (AvgIpc) is 2.47. The molecule has 0 atom stereocenters. The molecule has 0 fully saturated rings. The Kier molecular flexibility index (Phi) is 3.56. The second-order valence-corrected chi connectivity index (χ2v) is 3.73. The monoisotopic (exact) mass is 250 g/mol. The van der Waals surface area contributed by atoms with Crippen molar-refractivity contribution in [2.24, 2.45) is 0 Å². The third-order valence-electron chi connectivity index (χ3n) is 2.43. The van der Waals surface area contributed by atoms with Crippen LogP contribution >= 0.6 is 0 Å². The molecule has 0 amide bonds. The number of hydrogen-bond donors (Lipinski definition) is 1. The first-order chi connectivity index (χ1) is 9.22. The van der Waals surface area contributed by atoms with Crippen molar-refractivity contribution in [3.63, 3.8) is 0 Å². The van der Waals surface area contributed by atoms with Crippen LogP contribution in [0, 0.1) is 22.8 Å². The van der Waals surface area contributed by atoms with Crippen LogP contribution in [-0.2, 0) is 0 Å². The number of nitriles is 2. The number of anilines is 3. The summed E-state index contributed by atoms with van der Waals surface area (Å²) in [6.45, 7) is 0. The molecule has 0 aliphatic rings. The summed E-state index contributed by atoms with van der Waals surface area (Å²) in [5.41, 5.74) is 1.40. The van der Waals surface area contributed by atoms with E-state index in [2.05, 4.69) is 21.4 Å². The first-order valence-electron chi connectivity index (χ1n) is 5.45. The van der Waals surface area contributed by atoms with Gasteiger partial charge in [-0.2, -0.15) is 10.5 Å². The first-order valence-corrected chi connectivity index (χ1v) is 5.45. The van der Waals surface area contributed by atoms with Gasteiger partial charge < -0.3 is 5.32 Å². The Labute approximate surface area is 110 Å². The number of nitrogens with zero attached hydrogens (tertiary/aromatic N) is 5. The summed E-state index contributed by atoms with van der Waals surface area (Å²) >= 11 is 0. The highest BCUT2D eigenvalue weighted by atomic mass is 15.2. The minimum atomic E-state index is 0.508. The fourth-order valence-electron chi connectivity index (χ4n) is 1.43. The molecule has 0 radical (unpaired) electrons. The summed E-state index contributed by atoms with van der Waals surface area (Å²) in [5, 5.41) is 20.6. The van der Waals surface area contributed by atoms with Crippen LogP contribution in [0.5, 0.6) is 0 Å². The van der Waals surface area contributed by atoms with Crippen LogP contribution in [0.4, 0.5) is 17.3 Å². The number of nitrogens with one attached hydrogen (secondary N) is 1. The van der Waals surface area contributed by atoms with Gasteiger partial charge in [-0.3, -0.25) is 4.90 Å². The molecule has 0 saturated heterocycles. The van der Waals surface area contributed by atoms with Gasteiger partial charge in [0.2, 0.25) is 0 Å². The Balaban J connectivity index is 2.19. The molecule has 0 unspecified atom stereocenters. The number of aromatic nitrogens is 2. The Hall–Kier alpha value is -3.12. The van der Waals surface area contributed by atoms with Crippen molar-refractivity contribution in [2.75, 3.05) is 17.3 Å². The largest absolute Gasteiger partial charge is 0.340 e. The molecular formula is C13H10N6. The van der Waals surface area contributed by atoms with E-state index in [1.807, 2.05) is 6.19 Å². The van der Waals surface area contributed by atoms with Crippen LogP contribution in [0.3, 0.4) is 0 Å². The zero-order valence-electron chi connectivity index (χ0n) is 10.2. The van der Waals surface area contributed by atoms with Gasteiger partial charge in [-0.1, -0.05) is 0 Å². The summed E-state index contributed by atoms with van der Waals surface area (Å²) in [5.74, 6) is 1.09. The molecule has 0 spiro atoms. The van der Waals surface area contributed by atoms with Gasteiger partial charge in [-0.15, -0.1) is 0 Å². The molecule has 0 saturated carbocycles. The Morgan fingerprint density at radius 1 is 1.16 bits per heavy atom. The Morgan fingerprint density at radius 3 is 2.53 bits per heavy atom. The molecule has 2 aromatic rings. The van der Waals surface area contributed by atoms with E-state index in [0.29, 0.717) is 17.2 Å². The zero-order valence-corrected chi connectivity index (χ0v) is 10.2. The van der Waals surface area contributed by atoms with Crippen LogP contribution in [-0.4, -0.2) is 17.0 Å². The van der Waals surface area contributed by atoms with Gasteiger partial charge >= 0.3 is 0 Å². The van der Waals surface area contributed by atoms with Crippen molar-refractivity contribution >= 4 is 17.3 Å². The van der Waals surface area contributed by atoms with E-state index in [1.165, 1.54) is 11.2 Å². The van der Waals surface area contributed by atoms with Crippen molar-refractivity contribution < 1.29 is 0 Å². The van der Waals surface area contributed by atoms with Gasteiger partial charge in [-0.25, -0.2) is 9.97 Å². The second kappa shape index (κ2) is 5.48. The second-order valence-electron chi connectivity index (χ2n) is 3.73.